The van der Waals surface area contributed by atoms with E-state index >= 15 is 0 Å². The van der Waals surface area contributed by atoms with Crippen molar-refractivity contribution in [2.45, 2.75) is 185 Å². The van der Waals surface area contributed by atoms with Gasteiger partial charge in [-0.2, -0.15) is 0 Å². The topological polar surface area (TPSA) is 141 Å². The van der Waals surface area contributed by atoms with Crippen LogP contribution in [-0.4, -0.2) is 87.3 Å². The summed E-state index contributed by atoms with van der Waals surface area (Å²) in [4.78, 5) is 11.8. The van der Waals surface area contributed by atoms with Crippen LogP contribution in [0.3, 0.4) is 0 Å². The van der Waals surface area contributed by atoms with E-state index < -0.39 is 42.5 Å². The Morgan fingerprint density at radius 1 is 1.04 bits per heavy atom. The quantitative estimate of drug-likeness (QED) is 0.0712. The van der Waals surface area contributed by atoms with Crippen molar-refractivity contribution < 1.29 is 39.2 Å². The Labute approximate surface area is 302 Å². The molecule has 0 bridgehead atoms. The molecular formula is C39H66NO9P. The molecule has 4 aliphatic carbocycles. The molecule has 50 heavy (non-hydrogen) atoms. The largest absolute Gasteiger partial charge is 0.391 e. The van der Waals surface area contributed by atoms with Crippen LogP contribution in [0.15, 0.2) is 11.6 Å². The molecule has 0 radical (unpaired) electrons. The van der Waals surface area contributed by atoms with Gasteiger partial charge in [0.15, 0.2) is 12.6 Å². The number of hydrogen-bond donors (Lipinski definition) is 3. The van der Waals surface area contributed by atoms with Crippen LogP contribution in [0, 0.1) is 44.1 Å². The molecule has 2 aliphatic heterocycles. The summed E-state index contributed by atoms with van der Waals surface area (Å²) in [7, 11) is 3.13. The van der Waals surface area contributed by atoms with E-state index in [1.807, 2.05) is 13.8 Å². The number of aliphatic hydroxyl groups is 3. The summed E-state index contributed by atoms with van der Waals surface area (Å²) in [6.07, 6.45) is 11.6. The lowest BCUT2D eigenvalue weighted by molar-refractivity contribution is -0.538. The van der Waals surface area contributed by atoms with E-state index in [-0.39, 0.29) is 54.1 Å². The first-order valence-electron chi connectivity index (χ1n) is 19.6. The van der Waals surface area contributed by atoms with E-state index in [0.29, 0.717) is 22.7 Å². The number of unbranched alkanes of at least 4 members (excludes halogenated alkanes) is 1. The van der Waals surface area contributed by atoms with Gasteiger partial charge in [-0.15, -0.1) is 9.24 Å². The molecule has 3 N–H and O–H groups in total. The smallest absolute Gasteiger partial charge is 0.220 e. The molecule has 4 unspecified atom stereocenters. The second-order valence-electron chi connectivity index (χ2n) is 18.7. The monoisotopic (exact) mass is 723 g/mol. The third-order valence-electron chi connectivity index (χ3n) is 15.0. The average molecular weight is 724 g/mol. The lowest BCUT2D eigenvalue weighted by Crippen LogP contribution is -2.60. The Balaban J connectivity index is 1.12. The molecule has 3 saturated carbocycles. The zero-order valence-corrected chi connectivity index (χ0v) is 32.6. The van der Waals surface area contributed by atoms with Crippen LogP contribution < -0.4 is 0 Å². The maximum atomic E-state index is 12.0. The van der Waals surface area contributed by atoms with Crippen LogP contribution in [-0.2, 0) is 18.9 Å². The molecule has 286 valence electrons. The maximum absolute atomic E-state index is 12.0. The molecular weight excluding hydrogens is 657 g/mol. The highest BCUT2D eigenvalue weighted by atomic mass is 31.0. The van der Waals surface area contributed by atoms with Gasteiger partial charge in [0.25, 0.3) is 0 Å². The summed E-state index contributed by atoms with van der Waals surface area (Å²) in [5.41, 5.74) is 1.76. The van der Waals surface area contributed by atoms with Gasteiger partial charge >= 0.3 is 0 Å². The van der Waals surface area contributed by atoms with Crippen LogP contribution in [0.1, 0.15) is 131 Å². The number of hydrogen-bond acceptors (Lipinski definition) is 9. The van der Waals surface area contributed by atoms with Gasteiger partial charge in [-0.3, -0.25) is 10.1 Å². The van der Waals surface area contributed by atoms with Crippen LogP contribution in [0.4, 0.5) is 0 Å². The molecule has 0 aromatic rings. The fraction of sp³-hybridized carbons (Fsp3) is 0.949. The fourth-order valence-corrected chi connectivity index (χ4v) is 12.4. The molecule has 5 fully saturated rings. The van der Waals surface area contributed by atoms with Gasteiger partial charge in [0, 0.05) is 22.9 Å². The fourth-order valence-electron chi connectivity index (χ4n) is 11.9. The van der Waals surface area contributed by atoms with E-state index in [0.717, 1.165) is 38.0 Å². The predicted octanol–water partition coefficient (Wildman–Crippen LogP) is 6.55. The SMILES string of the molecule is CC(C)(O)CCCCC1CC[C@@]2(C)C3CC=C4C(CC[C@H](O[C@H]5C[C@@H]([N+](=O)[O-])C[C@@H](CO[C@H]6OC[C@@H](O)C[C@H]6O)O5)[C@@]4(C)P)[C@]3(C)CC[C@]12C. The first kappa shape index (κ1) is 39.0. The highest BCUT2D eigenvalue weighted by molar-refractivity contribution is 7.19. The number of nitrogens with zero attached hydrogens (tertiary/aromatic N) is 1. The Morgan fingerprint density at radius 3 is 2.50 bits per heavy atom. The minimum Gasteiger partial charge on any atom is -0.391 e. The van der Waals surface area contributed by atoms with E-state index in [9.17, 15) is 25.4 Å². The Kier molecular flexibility index (Phi) is 11.3. The van der Waals surface area contributed by atoms with Crippen molar-refractivity contribution in [3.8, 4) is 0 Å². The summed E-state index contributed by atoms with van der Waals surface area (Å²) in [6.45, 7) is 14.0. The third-order valence-corrected chi connectivity index (χ3v) is 15.7. The minimum atomic E-state index is -0.968. The molecule has 6 aliphatic rings. The van der Waals surface area contributed by atoms with E-state index in [1.165, 1.54) is 44.1 Å². The molecule has 0 aromatic heterocycles. The lowest BCUT2D eigenvalue weighted by atomic mass is 9.40. The Hall–Kier alpha value is -0.710. The standard InChI is InChI=1S/C39H66NO9P/c1-35(2,43)15-8-7-9-24-14-16-38(5)31-12-10-29-28(36(31,3)17-18-37(24,38)4)11-13-32(39(29,6)50)49-33-20-25(40(44)45)19-27(48-33)23-47-34-30(42)21-26(41)22-46-34/h10,24-28,30-34,41-43H,7-9,11-23,50H2,1-6H3/t24?,25-,26-,27-,28?,30+,31?,32-,33-,34+,36-,37+,38-,39-/m0/s1. The first-order valence-corrected chi connectivity index (χ1v) is 20.2. The second-order valence-corrected chi connectivity index (χ2v) is 19.9. The first-order chi connectivity index (χ1) is 23.4. The second kappa shape index (κ2) is 14.5. The zero-order valence-electron chi connectivity index (χ0n) is 31.5. The lowest BCUT2D eigenvalue weighted by Gasteiger charge is -2.66. The van der Waals surface area contributed by atoms with Gasteiger partial charge in [0.2, 0.25) is 6.04 Å². The summed E-state index contributed by atoms with van der Waals surface area (Å²) in [5, 5.41) is 41.9. The van der Waals surface area contributed by atoms with E-state index in [4.69, 9.17) is 18.9 Å². The predicted molar refractivity (Wildman–Crippen MR) is 194 cm³/mol. The molecule has 10 nitrogen and oxygen atoms in total. The van der Waals surface area contributed by atoms with Crippen molar-refractivity contribution >= 4 is 9.24 Å². The van der Waals surface area contributed by atoms with Crippen LogP contribution in [0.25, 0.3) is 0 Å². The third kappa shape index (κ3) is 7.37. The Morgan fingerprint density at radius 2 is 1.80 bits per heavy atom. The average Bonchev–Trinajstić information content (AvgIpc) is 3.29. The number of nitro groups is 1. The van der Waals surface area contributed by atoms with Crippen molar-refractivity contribution in [3.63, 3.8) is 0 Å². The normalized spacial score (nSPS) is 47.9. The van der Waals surface area contributed by atoms with Crippen molar-refractivity contribution in [1.82, 2.24) is 0 Å². The van der Waals surface area contributed by atoms with Crippen LogP contribution >= 0.6 is 9.24 Å². The number of fused-ring (bicyclic) bond motifs is 5. The number of aliphatic hydroxyl groups excluding tert-OH is 2. The minimum absolute atomic E-state index is 0.0389. The van der Waals surface area contributed by atoms with E-state index in [1.54, 1.807) is 0 Å². The molecule has 0 spiro atoms. The van der Waals surface area contributed by atoms with Crippen LogP contribution in [0.2, 0.25) is 0 Å². The molecule has 6 rings (SSSR count). The van der Waals surface area contributed by atoms with Crippen molar-refractivity contribution in [1.29, 1.82) is 0 Å². The van der Waals surface area contributed by atoms with Crippen molar-refractivity contribution in [2.24, 2.45) is 34.0 Å². The number of ether oxygens (including phenoxy) is 4. The molecule has 2 heterocycles. The van der Waals surface area contributed by atoms with Gasteiger partial charge in [-0.1, -0.05) is 45.3 Å². The number of allylic oxidation sites excluding steroid dienone is 1. The Bertz CT molecular complexity index is 1260. The van der Waals surface area contributed by atoms with Gasteiger partial charge in [-0.25, -0.2) is 0 Å². The van der Waals surface area contributed by atoms with Crippen LogP contribution in [0.5, 0.6) is 0 Å². The molecule has 2 saturated heterocycles. The highest BCUT2D eigenvalue weighted by Crippen LogP contribution is 2.74. The summed E-state index contributed by atoms with van der Waals surface area (Å²) < 4.78 is 24.3. The molecule has 15 atom stereocenters. The molecule has 0 amide bonds. The zero-order chi connectivity index (χ0) is 36.3. The molecule has 11 heteroatoms. The van der Waals surface area contributed by atoms with E-state index in [2.05, 4.69) is 43.0 Å². The molecule has 0 aromatic carbocycles. The number of rotatable bonds is 11. The van der Waals surface area contributed by atoms with Gasteiger partial charge in [-0.05, 0) is 113 Å². The maximum Gasteiger partial charge on any atom is 0.220 e. The van der Waals surface area contributed by atoms with Gasteiger partial charge < -0.3 is 34.3 Å². The highest BCUT2D eigenvalue weighted by Gasteiger charge is 2.67. The van der Waals surface area contributed by atoms with Gasteiger partial charge in [0.05, 0.1) is 43.5 Å². The summed E-state index contributed by atoms with van der Waals surface area (Å²) >= 11 is 0. The van der Waals surface area contributed by atoms with Crippen molar-refractivity contribution in [3.05, 3.63) is 21.8 Å². The summed E-state index contributed by atoms with van der Waals surface area (Å²) in [5.74, 6) is 1.87. The van der Waals surface area contributed by atoms with Crippen molar-refractivity contribution in [2.75, 3.05) is 13.2 Å². The summed E-state index contributed by atoms with van der Waals surface area (Å²) in [6, 6.07) is -0.809. The van der Waals surface area contributed by atoms with Gasteiger partial charge in [0.1, 0.15) is 6.10 Å².